The Balaban J connectivity index is 1.51. The van der Waals surface area contributed by atoms with Gasteiger partial charge in [-0.25, -0.2) is 13.1 Å². The van der Waals surface area contributed by atoms with Gasteiger partial charge in [-0.3, -0.25) is 9.48 Å². The highest BCUT2D eigenvalue weighted by molar-refractivity contribution is 7.90. The van der Waals surface area contributed by atoms with Crippen molar-refractivity contribution in [3.8, 4) is 0 Å². The van der Waals surface area contributed by atoms with Gasteiger partial charge in [0, 0.05) is 25.0 Å². The average Bonchev–Trinajstić information content (AvgIpc) is 3.39. The fourth-order valence-electron chi connectivity index (χ4n) is 3.26. The number of carbonyl (C=O) groups excluding carboxylic acids is 1. The number of carbonyl (C=O) groups is 1. The van der Waals surface area contributed by atoms with E-state index in [0.717, 1.165) is 24.3 Å². The SMILES string of the molecule is O=C(NS(=O)(=O)c1ccc(C2(C(F)(F)F)N=N2)cc1)c1ccnn1C1CCOCC1. The number of aromatic nitrogens is 2. The maximum atomic E-state index is 13.1. The number of ether oxygens (including phenoxy) is 1. The highest BCUT2D eigenvalue weighted by atomic mass is 32.2. The monoisotopic (exact) mass is 443 g/mol. The van der Waals surface area contributed by atoms with Crippen molar-refractivity contribution in [2.24, 2.45) is 10.2 Å². The third kappa shape index (κ3) is 3.58. The number of sulfonamides is 1. The number of nitrogens with zero attached hydrogens (tertiary/aromatic N) is 4. The van der Waals surface area contributed by atoms with Crippen LogP contribution in [0.2, 0.25) is 0 Å². The highest BCUT2D eigenvalue weighted by Gasteiger charge is 2.65. The predicted molar refractivity (Wildman–Crippen MR) is 95.0 cm³/mol. The van der Waals surface area contributed by atoms with Crippen LogP contribution in [0.5, 0.6) is 0 Å². The van der Waals surface area contributed by atoms with Crippen LogP contribution in [0.3, 0.4) is 0 Å². The fraction of sp³-hybridized carbons (Fsp3) is 0.412. The Morgan fingerprint density at radius 1 is 1.13 bits per heavy atom. The second kappa shape index (κ2) is 7.16. The maximum Gasteiger partial charge on any atom is 0.442 e. The number of amides is 1. The van der Waals surface area contributed by atoms with Gasteiger partial charge >= 0.3 is 11.8 Å². The Bertz CT molecular complexity index is 1080. The summed E-state index contributed by atoms with van der Waals surface area (Å²) in [5, 5.41) is 10.2. The van der Waals surface area contributed by atoms with E-state index in [0.29, 0.717) is 26.1 Å². The van der Waals surface area contributed by atoms with Gasteiger partial charge < -0.3 is 4.74 Å². The predicted octanol–water partition coefficient (Wildman–Crippen LogP) is 2.53. The molecule has 3 heterocycles. The first kappa shape index (κ1) is 20.5. The molecular formula is C17H16F3N5O4S. The first-order valence-corrected chi connectivity index (χ1v) is 10.4. The van der Waals surface area contributed by atoms with E-state index < -0.39 is 27.8 Å². The lowest BCUT2D eigenvalue weighted by molar-refractivity contribution is -0.166. The van der Waals surface area contributed by atoms with Crippen LogP contribution in [0.15, 0.2) is 51.7 Å². The van der Waals surface area contributed by atoms with Crippen molar-refractivity contribution < 1.29 is 31.1 Å². The Morgan fingerprint density at radius 3 is 2.33 bits per heavy atom. The lowest BCUT2D eigenvalue weighted by atomic mass is 10.0. The average molecular weight is 443 g/mol. The minimum atomic E-state index is -4.72. The van der Waals surface area contributed by atoms with Crippen molar-refractivity contribution in [1.29, 1.82) is 0 Å². The largest absolute Gasteiger partial charge is 0.442 e. The van der Waals surface area contributed by atoms with Crippen molar-refractivity contribution in [1.82, 2.24) is 14.5 Å². The number of rotatable bonds is 5. The molecule has 0 aliphatic carbocycles. The molecule has 4 rings (SSSR count). The summed E-state index contributed by atoms with van der Waals surface area (Å²) in [7, 11) is -4.32. The van der Waals surface area contributed by atoms with Crippen LogP contribution in [0.25, 0.3) is 0 Å². The molecule has 2 aliphatic rings. The molecule has 2 aliphatic heterocycles. The van der Waals surface area contributed by atoms with Crippen LogP contribution in [-0.2, 0) is 20.4 Å². The Labute approximate surface area is 169 Å². The van der Waals surface area contributed by atoms with Crippen molar-refractivity contribution in [2.45, 2.75) is 35.6 Å². The standard InChI is InChI=1S/C17H16F3N5O4S/c18-17(19,20)16(23-24-16)11-1-3-13(4-2-11)30(27,28)22-15(26)14-5-8-21-25(14)12-6-9-29-10-7-12/h1-5,8,12H,6-7,9-10H2,(H,22,26). The minimum Gasteiger partial charge on any atom is -0.381 e. The first-order chi connectivity index (χ1) is 14.1. The molecule has 0 radical (unpaired) electrons. The van der Waals surface area contributed by atoms with Crippen LogP contribution in [-0.4, -0.2) is 43.5 Å². The number of hydrogen-bond acceptors (Lipinski definition) is 7. The zero-order valence-electron chi connectivity index (χ0n) is 15.3. The van der Waals surface area contributed by atoms with Crippen LogP contribution >= 0.6 is 0 Å². The summed E-state index contributed by atoms with van der Waals surface area (Å²) in [6.07, 6.45) is -2.06. The van der Waals surface area contributed by atoms with Gasteiger partial charge in [0.15, 0.2) is 0 Å². The van der Waals surface area contributed by atoms with Crippen molar-refractivity contribution >= 4 is 15.9 Å². The Hall–Kier alpha value is -2.80. The maximum absolute atomic E-state index is 13.1. The molecule has 30 heavy (non-hydrogen) atoms. The molecule has 0 saturated carbocycles. The Morgan fingerprint density at radius 2 is 1.77 bits per heavy atom. The van der Waals surface area contributed by atoms with E-state index in [4.69, 9.17) is 4.74 Å². The van der Waals surface area contributed by atoms with Crippen molar-refractivity contribution in [2.75, 3.05) is 13.2 Å². The van der Waals surface area contributed by atoms with E-state index in [9.17, 15) is 26.4 Å². The van der Waals surface area contributed by atoms with Crippen molar-refractivity contribution in [3.05, 3.63) is 47.8 Å². The summed E-state index contributed by atoms with van der Waals surface area (Å²) in [5.74, 6) is -0.887. The molecule has 1 amide bonds. The molecule has 0 atom stereocenters. The normalized spacial score (nSPS) is 18.9. The first-order valence-electron chi connectivity index (χ1n) is 8.94. The van der Waals surface area contributed by atoms with Gasteiger partial charge in [-0.1, -0.05) is 12.1 Å². The number of alkyl halides is 3. The second-order valence-electron chi connectivity index (χ2n) is 6.83. The molecule has 0 spiro atoms. The molecule has 0 unspecified atom stereocenters. The molecule has 1 saturated heterocycles. The van der Waals surface area contributed by atoms with E-state index in [-0.39, 0.29) is 22.2 Å². The van der Waals surface area contributed by atoms with Gasteiger partial charge in [-0.15, -0.1) is 10.2 Å². The molecule has 1 aromatic heterocycles. The number of hydrogen-bond donors (Lipinski definition) is 1. The fourth-order valence-corrected chi connectivity index (χ4v) is 4.22. The number of nitrogens with one attached hydrogen (secondary N) is 1. The van der Waals surface area contributed by atoms with Gasteiger partial charge in [0.1, 0.15) is 5.69 Å². The van der Waals surface area contributed by atoms with E-state index in [2.05, 4.69) is 15.3 Å². The smallest absolute Gasteiger partial charge is 0.381 e. The second-order valence-corrected chi connectivity index (χ2v) is 8.52. The molecule has 0 bridgehead atoms. The van der Waals surface area contributed by atoms with Crippen LogP contribution in [0, 0.1) is 0 Å². The molecule has 1 N–H and O–H groups in total. The molecule has 1 aromatic carbocycles. The van der Waals surface area contributed by atoms with Crippen LogP contribution < -0.4 is 4.72 Å². The summed E-state index contributed by atoms with van der Waals surface area (Å²) < 4.78 is 72.9. The van der Waals surface area contributed by atoms with E-state index in [1.807, 2.05) is 4.72 Å². The summed E-state index contributed by atoms with van der Waals surface area (Å²) in [6.45, 7) is 1.02. The molecule has 9 nitrogen and oxygen atoms in total. The van der Waals surface area contributed by atoms with Gasteiger partial charge in [-0.2, -0.15) is 18.3 Å². The summed E-state index contributed by atoms with van der Waals surface area (Å²) >= 11 is 0. The van der Waals surface area contributed by atoms with Crippen molar-refractivity contribution in [3.63, 3.8) is 0 Å². The number of benzene rings is 1. The molecule has 1 fully saturated rings. The minimum absolute atomic E-state index is 0.0636. The topological polar surface area (TPSA) is 115 Å². The lowest BCUT2D eigenvalue weighted by Crippen LogP contribution is -2.34. The molecule has 2 aromatic rings. The molecule has 13 heteroatoms. The van der Waals surface area contributed by atoms with E-state index >= 15 is 0 Å². The zero-order valence-corrected chi connectivity index (χ0v) is 16.2. The summed E-state index contributed by atoms with van der Waals surface area (Å²) in [4.78, 5) is 12.2. The quantitative estimate of drug-likeness (QED) is 0.763. The van der Waals surface area contributed by atoms with Crippen LogP contribution in [0.4, 0.5) is 13.2 Å². The zero-order chi connectivity index (χ0) is 21.6. The molecule has 160 valence electrons. The lowest BCUT2D eigenvalue weighted by Gasteiger charge is -2.23. The van der Waals surface area contributed by atoms with E-state index in [1.165, 1.54) is 16.9 Å². The summed E-state index contributed by atoms with van der Waals surface area (Å²) in [6, 6.07) is 5.18. The highest BCUT2D eigenvalue weighted by Crippen LogP contribution is 2.52. The third-order valence-electron chi connectivity index (χ3n) is 4.93. The van der Waals surface area contributed by atoms with Gasteiger partial charge in [0.05, 0.1) is 10.9 Å². The van der Waals surface area contributed by atoms with Gasteiger partial charge in [-0.05, 0) is 31.0 Å². The third-order valence-corrected chi connectivity index (χ3v) is 6.28. The molecular weight excluding hydrogens is 427 g/mol. The van der Waals surface area contributed by atoms with Crippen LogP contribution in [0.1, 0.15) is 34.9 Å². The van der Waals surface area contributed by atoms with Gasteiger partial charge in [0.25, 0.3) is 15.9 Å². The van der Waals surface area contributed by atoms with Gasteiger partial charge in [0.2, 0.25) is 0 Å². The summed E-state index contributed by atoms with van der Waals surface area (Å²) in [5.41, 5.74) is -2.89. The van der Waals surface area contributed by atoms with E-state index in [1.54, 1.807) is 0 Å². The number of halogens is 3. The Kier molecular flexibility index (Phi) is 4.89.